The molecule has 6 heteroatoms. The maximum atomic E-state index is 12.0. The van der Waals surface area contributed by atoms with Gasteiger partial charge in [0.25, 0.3) is 0 Å². The van der Waals surface area contributed by atoms with Crippen LogP contribution in [0.15, 0.2) is 30.3 Å². The first kappa shape index (κ1) is 14.3. The summed E-state index contributed by atoms with van der Waals surface area (Å²) in [6.45, 7) is 3.33. The number of esters is 2. The number of nitrogens with zero attached hydrogens (tertiary/aromatic N) is 1. The van der Waals surface area contributed by atoms with Crippen molar-refractivity contribution in [1.29, 1.82) is 0 Å². The van der Waals surface area contributed by atoms with E-state index in [1.165, 1.54) is 12.0 Å². The molecule has 1 saturated heterocycles. The van der Waals surface area contributed by atoms with Gasteiger partial charge in [0.1, 0.15) is 0 Å². The summed E-state index contributed by atoms with van der Waals surface area (Å²) in [6.07, 6.45) is -0.532. The molecule has 1 heterocycles. The molecule has 0 aliphatic carbocycles. The summed E-state index contributed by atoms with van der Waals surface area (Å²) in [7, 11) is 0. The molecule has 0 amide bonds. The van der Waals surface area contributed by atoms with Crippen LogP contribution < -0.4 is 5.06 Å². The summed E-state index contributed by atoms with van der Waals surface area (Å²) in [5.41, 5.74) is 0.709. The molecular weight excluding hydrogens is 262 g/mol. The molecule has 1 fully saturated rings. The summed E-state index contributed by atoms with van der Waals surface area (Å²) >= 11 is 0. The van der Waals surface area contributed by atoms with Gasteiger partial charge in [0.05, 0.1) is 12.3 Å². The predicted octanol–water partition coefficient (Wildman–Crippen LogP) is 1.65. The predicted molar refractivity (Wildman–Crippen MR) is 70.6 cm³/mol. The van der Waals surface area contributed by atoms with Gasteiger partial charge in [-0.3, -0.25) is 4.79 Å². The highest BCUT2D eigenvalue weighted by atomic mass is 16.8. The quantitative estimate of drug-likeness (QED) is 0.781. The van der Waals surface area contributed by atoms with Crippen molar-refractivity contribution in [2.75, 3.05) is 11.7 Å². The first-order valence-electron chi connectivity index (χ1n) is 6.46. The Morgan fingerprint density at radius 2 is 2.05 bits per heavy atom. The van der Waals surface area contributed by atoms with Gasteiger partial charge in [-0.25, -0.2) is 14.7 Å². The SMILES string of the molecule is CCOC(=O)[C@@H]1C[C@H](OC(C)=O)ON1c1ccccc1. The fraction of sp³-hybridized carbons (Fsp3) is 0.429. The molecule has 2 rings (SSSR count). The van der Waals surface area contributed by atoms with Crippen molar-refractivity contribution >= 4 is 17.6 Å². The summed E-state index contributed by atoms with van der Waals surface area (Å²) in [6, 6.07) is 8.52. The van der Waals surface area contributed by atoms with Crippen LogP contribution in [-0.4, -0.2) is 30.9 Å². The smallest absolute Gasteiger partial charge is 0.331 e. The van der Waals surface area contributed by atoms with E-state index in [2.05, 4.69) is 0 Å². The third-order valence-corrected chi connectivity index (χ3v) is 2.80. The van der Waals surface area contributed by atoms with Crippen molar-refractivity contribution in [1.82, 2.24) is 0 Å². The lowest BCUT2D eigenvalue weighted by Crippen LogP contribution is -2.36. The summed E-state index contributed by atoms with van der Waals surface area (Å²) in [4.78, 5) is 28.5. The van der Waals surface area contributed by atoms with Gasteiger partial charge in [-0.1, -0.05) is 18.2 Å². The third-order valence-electron chi connectivity index (χ3n) is 2.80. The van der Waals surface area contributed by atoms with Crippen molar-refractivity contribution in [3.05, 3.63) is 30.3 Å². The number of hydrogen-bond acceptors (Lipinski definition) is 6. The lowest BCUT2D eigenvalue weighted by atomic mass is 10.2. The average molecular weight is 279 g/mol. The van der Waals surface area contributed by atoms with Crippen LogP contribution in [0.1, 0.15) is 20.3 Å². The molecule has 2 atom stereocenters. The molecular formula is C14H17NO5. The minimum absolute atomic E-state index is 0.243. The first-order chi connectivity index (χ1) is 9.61. The molecule has 1 aromatic carbocycles. The van der Waals surface area contributed by atoms with Crippen LogP contribution in [0.5, 0.6) is 0 Å². The molecule has 0 spiro atoms. The van der Waals surface area contributed by atoms with Gasteiger partial charge in [-0.15, -0.1) is 0 Å². The van der Waals surface area contributed by atoms with E-state index in [1.807, 2.05) is 30.3 Å². The van der Waals surface area contributed by atoms with Crippen molar-refractivity contribution in [3.8, 4) is 0 Å². The standard InChI is InChI=1S/C14H17NO5/c1-3-18-14(17)12-9-13(19-10(2)16)20-15(12)11-7-5-4-6-8-11/h4-8,12-13H,3,9H2,1-2H3/t12-,13+/m0/s1. The second kappa shape index (κ2) is 6.38. The van der Waals surface area contributed by atoms with Gasteiger partial charge in [-0.2, -0.15) is 0 Å². The summed E-state index contributed by atoms with van der Waals surface area (Å²) in [5.74, 6) is -0.849. The van der Waals surface area contributed by atoms with E-state index in [4.69, 9.17) is 14.3 Å². The Hall–Kier alpha value is -2.08. The van der Waals surface area contributed by atoms with Crippen LogP contribution in [0.4, 0.5) is 5.69 Å². The molecule has 1 aliphatic heterocycles. The Labute approximate surface area is 117 Å². The van der Waals surface area contributed by atoms with Gasteiger partial charge in [0.15, 0.2) is 6.04 Å². The van der Waals surface area contributed by atoms with E-state index in [-0.39, 0.29) is 13.0 Å². The topological polar surface area (TPSA) is 65.1 Å². The van der Waals surface area contributed by atoms with Crippen molar-refractivity contribution in [2.45, 2.75) is 32.6 Å². The number of anilines is 1. The molecule has 20 heavy (non-hydrogen) atoms. The Bertz CT molecular complexity index is 476. The Morgan fingerprint density at radius 3 is 2.65 bits per heavy atom. The van der Waals surface area contributed by atoms with Crippen molar-refractivity contribution < 1.29 is 23.9 Å². The Morgan fingerprint density at radius 1 is 1.35 bits per heavy atom. The maximum absolute atomic E-state index is 12.0. The summed E-state index contributed by atoms with van der Waals surface area (Å²) in [5, 5.41) is 1.44. The maximum Gasteiger partial charge on any atom is 0.331 e. The van der Waals surface area contributed by atoms with Crippen molar-refractivity contribution in [3.63, 3.8) is 0 Å². The number of ether oxygens (including phenoxy) is 2. The first-order valence-corrected chi connectivity index (χ1v) is 6.46. The zero-order chi connectivity index (χ0) is 14.5. The highest BCUT2D eigenvalue weighted by Gasteiger charge is 2.41. The van der Waals surface area contributed by atoms with E-state index in [0.29, 0.717) is 5.69 Å². The van der Waals surface area contributed by atoms with Gasteiger partial charge >= 0.3 is 11.9 Å². The van der Waals surface area contributed by atoms with Gasteiger partial charge in [0, 0.05) is 13.3 Å². The monoisotopic (exact) mass is 279 g/mol. The van der Waals surface area contributed by atoms with E-state index < -0.39 is 24.3 Å². The number of rotatable bonds is 4. The highest BCUT2D eigenvalue weighted by Crippen LogP contribution is 2.29. The zero-order valence-corrected chi connectivity index (χ0v) is 11.4. The third kappa shape index (κ3) is 3.27. The fourth-order valence-electron chi connectivity index (χ4n) is 2.02. The number of benzene rings is 1. The molecule has 0 aromatic heterocycles. The average Bonchev–Trinajstić information content (AvgIpc) is 2.83. The minimum Gasteiger partial charge on any atom is -0.464 e. The van der Waals surface area contributed by atoms with Gasteiger partial charge < -0.3 is 9.47 Å². The van der Waals surface area contributed by atoms with Crippen LogP contribution in [-0.2, 0) is 23.9 Å². The normalized spacial score (nSPS) is 21.6. The number of hydrogen-bond donors (Lipinski definition) is 0. The number of carbonyl (C=O) groups is 2. The number of carbonyl (C=O) groups excluding carboxylic acids is 2. The Balaban J connectivity index is 2.17. The molecule has 1 aliphatic rings. The summed E-state index contributed by atoms with van der Waals surface area (Å²) < 4.78 is 10.0. The molecule has 6 nitrogen and oxygen atoms in total. The Kier molecular flexibility index (Phi) is 4.57. The second-order valence-corrected chi connectivity index (χ2v) is 4.31. The van der Waals surface area contributed by atoms with Crippen LogP contribution in [0.3, 0.4) is 0 Å². The molecule has 108 valence electrons. The van der Waals surface area contributed by atoms with Gasteiger partial charge in [0.2, 0.25) is 6.29 Å². The lowest BCUT2D eigenvalue weighted by Gasteiger charge is -2.22. The largest absolute Gasteiger partial charge is 0.464 e. The zero-order valence-electron chi connectivity index (χ0n) is 11.4. The highest BCUT2D eigenvalue weighted by molar-refractivity contribution is 5.80. The van der Waals surface area contributed by atoms with Gasteiger partial charge in [-0.05, 0) is 19.1 Å². The molecule has 0 unspecified atom stereocenters. The van der Waals surface area contributed by atoms with E-state index in [0.717, 1.165) is 0 Å². The number of para-hydroxylation sites is 1. The molecule has 0 bridgehead atoms. The van der Waals surface area contributed by atoms with E-state index in [9.17, 15) is 9.59 Å². The van der Waals surface area contributed by atoms with E-state index >= 15 is 0 Å². The lowest BCUT2D eigenvalue weighted by molar-refractivity contribution is -0.168. The fourth-order valence-corrected chi connectivity index (χ4v) is 2.02. The number of hydroxylamine groups is 1. The van der Waals surface area contributed by atoms with Crippen LogP contribution in [0.25, 0.3) is 0 Å². The second-order valence-electron chi connectivity index (χ2n) is 4.31. The van der Waals surface area contributed by atoms with E-state index in [1.54, 1.807) is 6.92 Å². The van der Waals surface area contributed by atoms with Crippen LogP contribution in [0, 0.1) is 0 Å². The van der Waals surface area contributed by atoms with Crippen molar-refractivity contribution in [2.24, 2.45) is 0 Å². The molecule has 0 radical (unpaired) electrons. The minimum atomic E-state index is -0.776. The van der Waals surface area contributed by atoms with Crippen LogP contribution in [0.2, 0.25) is 0 Å². The van der Waals surface area contributed by atoms with Crippen LogP contribution >= 0.6 is 0 Å². The molecule has 0 saturated carbocycles. The molecule has 0 N–H and O–H groups in total. The molecule has 1 aromatic rings.